The summed E-state index contributed by atoms with van der Waals surface area (Å²) < 4.78 is 4.84. The first-order valence-corrected chi connectivity index (χ1v) is 5.94. The molecule has 0 spiro atoms. The Morgan fingerprint density at radius 2 is 2.13 bits per heavy atom. The average molecular weight is 230 g/mol. The van der Waals surface area contributed by atoms with Crippen LogP contribution in [0.1, 0.15) is 33.1 Å². The lowest BCUT2D eigenvalue weighted by Gasteiger charge is -2.13. The summed E-state index contributed by atoms with van der Waals surface area (Å²) in [5, 5.41) is 0.205. The van der Waals surface area contributed by atoms with Gasteiger partial charge in [0.15, 0.2) is 0 Å². The molecule has 0 aromatic carbocycles. The maximum Gasteiger partial charge on any atom is 0.302 e. The highest BCUT2D eigenvalue weighted by Gasteiger charge is 2.12. The van der Waals surface area contributed by atoms with Crippen molar-refractivity contribution in [2.24, 2.45) is 0 Å². The lowest BCUT2D eigenvalue weighted by Crippen LogP contribution is -2.11. The normalized spacial score (nSPS) is 11.9. The molecule has 0 bridgehead atoms. The highest BCUT2D eigenvalue weighted by Crippen LogP contribution is 2.21. The van der Waals surface area contributed by atoms with Gasteiger partial charge >= 0.3 is 5.97 Å². The Morgan fingerprint density at radius 3 is 2.60 bits per heavy atom. The van der Waals surface area contributed by atoms with Crippen molar-refractivity contribution in [3.8, 4) is 0 Å². The first-order chi connectivity index (χ1) is 7.10. The number of hydrogen-bond donors (Lipinski definition) is 0. The van der Waals surface area contributed by atoms with Crippen LogP contribution in [0.3, 0.4) is 0 Å². The van der Waals surface area contributed by atoms with Gasteiger partial charge in [0.2, 0.25) is 5.12 Å². The van der Waals surface area contributed by atoms with E-state index in [9.17, 15) is 9.59 Å². The molecule has 0 heterocycles. The Bertz CT molecular complexity index is 226. The van der Waals surface area contributed by atoms with Gasteiger partial charge in [-0.2, -0.15) is 0 Å². The quantitative estimate of drug-likeness (QED) is 0.498. The van der Waals surface area contributed by atoms with Crippen LogP contribution in [0.25, 0.3) is 0 Å². The fraction of sp³-hybridized carbons (Fsp3) is 0.636. The third kappa shape index (κ3) is 8.24. The van der Waals surface area contributed by atoms with Crippen LogP contribution >= 0.6 is 11.8 Å². The predicted octanol–water partition coefficient (Wildman–Crippen LogP) is 2.55. The maximum atomic E-state index is 11.1. The Kier molecular flexibility index (Phi) is 8.09. The van der Waals surface area contributed by atoms with E-state index in [0.29, 0.717) is 6.61 Å². The number of ether oxygens (including phenoxy) is 1. The molecule has 0 amide bonds. The van der Waals surface area contributed by atoms with Crippen LogP contribution in [0.5, 0.6) is 0 Å². The Hall–Kier alpha value is -0.770. The third-order valence-electron chi connectivity index (χ3n) is 1.81. The van der Waals surface area contributed by atoms with Gasteiger partial charge in [-0.05, 0) is 18.9 Å². The molecule has 0 radical (unpaired) electrons. The van der Waals surface area contributed by atoms with Gasteiger partial charge in [-0.1, -0.05) is 31.7 Å². The van der Waals surface area contributed by atoms with Crippen LogP contribution < -0.4 is 0 Å². The van der Waals surface area contributed by atoms with Gasteiger partial charge in [-0.3, -0.25) is 9.59 Å². The Morgan fingerprint density at radius 1 is 1.47 bits per heavy atom. The van der Waals surface area contributed by atoms with Crippen molar-refractivity contribution in [3.05, 3.63) is 12.7 Å². The first kappa shape index (κ1) is 14.2. The monoisotopic (exact) mass is 230 g/mol. The standard InChI is InChI=1S/C11H18O3S/c1-4-6-10(15-11(13)5-2)7-8-14-9(3)12/h5,10H,2,4,6-8H2,1,3H3. The third-order valence-corrected chi connectivity index (χ3v) is 3.01. The minimum absolute atomic E-state index is 0.0173. The zero-order valence-corrected chi connectivity index (χ0v) is 10.1. The van der Waals surface area contributed by atoms with E-state index < -0.39 is 0 Å². The van der Waals surface area contributed by atoms with Crippen molar-refractivity contribution in [2.75, 3.05) is 6.61 Å². The minimum atomic E-state index is -0.273. The van der Waals surface area contributed by atoms with Crippen LogP contribution in [-0.4, -0.2) is 22.9 Å². The molecule has 0 fully saturated rings. The molecule has 0 aliphatic carbocycles. The van der Waals surface area contributed by atoms with E-state index in [1.54, 1.807) is 0 Å². The van der Waals surface area contributed by atoms with Gasteiger partial charge < -0.3 is 4.74 Å². The van der Waals surface area contributed by atoms with Crippen molar-refractivity contribution in [2.45, 2.75) is 38.4 Å². The maximum absolute atomic E-state index is 11.1. The van der Waals surface area contributed by atoms with E-state index in [4.69, 9.17) is 4.74 Å². The lowest BCUT2D eigenvalue weighted by molar-refractivity contribution is -0.141. The van der Waals surface area contributed by atoms with Crippen LogP contribution in [0, 0.1) is 0 Å². The summed E-state index contributed by atoms with van der Waals surface area (Å²) in [6, 6.07) is 0. The fourth-order valence-electron chi connectivity index (χ4n) is 1.13. The number of rotatable bonds is 7. The molecule has 15 heavy (non-hydrogen) atoms. The SMILES string of the molecule is C=CC(=O)SC(CCC)CCOC(C)=O. The van der Waals surface area contributed by atoms with Crippen LogP contribution in [-0.2, 0) is 14.3 Å². The highest BCUT2D eigenvalue weighted by molar-refractivity contribution is 8.14. The second kappa shape index (κ2) is 8.53. The highest BCUT2D eigenvalue weighted by atomic mass is 32.2. The molecular weight excluding hydrogens is 212 g/mol. The van der Waals surface area contributed by atoms with E-state index in [-0.39, 0.29) is 16.3 Å². The number of carbonyl (C=O) groups excluding carboxylic acids is 2. The number of esters is 1. The van der Waals surface area contributed by atoms with E-state index in [2.05, 4.69) is 13.5 Å². The fourth-order valence-corrected chi connectivity index (χ4v) is 2.12. The topological polar surface area (TPSA) is 43.4 Å². The largest absolute Gasteiger partial charge is 0.466 e. The number of hydrogen-bond acceptors (Lipinski definition) is 4. The van der Waals surface area contributed by atoms with Gasteiger partial charge in [-0.25, -0.2) is 0 Å². The average Bonchev–Trinajstić information content (AvgIpc) is 2.17. The van der Waals surface area contributed by atoms with Crippen molar-refractivity contribution in [3.63, 3.8) is 0 Å². The minimum Gasteiger partial charge on any atom is -0.466 e. The van der Waals surface area contributed by atoms with Gasteiger partial charge in [0, 0.05) is 12.2 Å². The molecule has 0 N–H and O–H groups in total. The number of thioether (sulfide) groups is 1. The summed E-state index contributed by atoms with van der Waals surface area (Å²) in [4.78, 5) is 21.7. The van der Waals surface area contributed by atoms with Gasteiger partial charge in [-0.15, -0.1) is 0 Å². The second-order valence-electron chi connectivity index (χ2n) is 3.18. The van der Waals surface area contributed by atoms with Crippen LogP contribution in [0.2, 0.25) is 0 Å². The van der Waals surface area contributed by atoms with Crippen molar-refractivity contribution < 1.29 is 14.3 Å². The number of carbonyl (C=O) groups is 2. The molecule has 0 saturated heterocycles. The van der Waals surface area contributed by atoms with Crippen LogP contribution in [0.15, 0.2) is 12.7 Å². The van der Waals surface area contributed by atoms with Crippen molar-refractivity contribution >= 4 is 22.8 Å². The zero-order valence-electron chi connectivity index (χ0n) is 9.32. The summed E-state index contributed by atoms with van der Waals surface area (Å²) in [6.45, 7) is 7.27. The molecular formula is C11H18O3S. The summed E-state index contributed by atoms with van der Waals surface area (Å²) >= 11 is 1.27. The van der Waals surface area contributed by atoms with Crippen molar-refractivity contribution in [1.82, 2.24) is 0 Å². The van der Waals surface area contributed by atoms with Crippen LogP contribution in [0.4, 0.5) is 0 Å². The first-order valence-electron chi connectivity index (χ1n) is 5.06. The predicted molar refractivity (Wildman–Crippen MR) is 62.7 cm³/mol. The Balaban J connectivity index is 3.86. The molecule has 3 nitrogen and oxygen atoms in total. The molecule has 0 aliphatic rings. The molecule has 0 aromatic heterocycles. The van der Waals surface area contributed by atoms with Gasteiger partial charge in [0.25, 0.3) is 0 Å². The molecule has 0 saturated carbocycles. The lowest BCUT2D eigenvalue weighted by atomic mass is 10.2. The smallest absolute Gasteiger partial charge is 0.302 e. The second-order valence-corrected chi connectivity index (χ2v) is 4.49. The molecule has 86 valence electrons. The molecule has 1 unspecified atom stereocenters. The molecule has 0 aliphatic heterocycles. The van der Waals surface area contributed by atoms with E-state index in [1.807, 2.05) is 0 Å². The molecule has 4 heteroatoms. The summed E-state index contributed by atoms with van der Waals surface area (Å²) in [5.74, 6) is -0.273. The zero-order chi connectivity index (χ0) is 11.7. The van der Waals surface area contributed by atoms with E-state index >= 15 is 0 Å². The van der Waals surface area contributed by atoms with E-state index in [1.165, 1.54) is 24.8 Å². The summed E-state index contributed by atoms with van der Waals surface area (Å²) in [6.07, 6.45) is 4.00. The van der Waals surface area contributed by atoms with E-state index in [0.717, 1.165) is 19.3 Å². The molecule has 0 rings (SSSR count). The summed E-state index contributed by atoms with van der Waals surface area (Å²) in [7, 11) is 0. The van der Waals surface area contributed by atoms with Crippen molar-refractivity contribution in [1.29, 1.82) is 0 Å². The molecule has 0 aromatic rings. The summed E-state index contributed by atoms with van der Waals surface area (Å²) in [5.41, 5.74) is 0. The molecule has 1 atom stereocenters. The van der Waals surface area contributed by atoms with Gasteiger partial charge in [0.05, 0.1) is 6.61 Å². The van der Waals surface area contributed by atoms with Gasteiger partial charge in [0.1, 0.15) is 0 Å². The Labute approximate surface area is 95.3 Å².